The van der Waals surface area contributed by atoms with Crippen LogP contribution in [0.15, 0.2) is 59.8 Å². The van der Waals surface area contributed by atoms with E-state index >= 15 is 0 Å². The van der Waals surface area contributed by atoms with Gasteiger partial charge >= 0.3 is 0 Å². The van der Waals surface area contributed by atoms with Crippen molar-refractivity contribution in [3.63, 3.8) is 0 Å². The van der Waals surface area contributed by atoms with Gasteiger partial charge in [-0.15, -0.1) is 0 Å². The van der Waals surface area contributed by atoms with E-state index in [0.29, 0.717) is 17.7 Å². The lowest BCUT2D eigenvalue weighted by molar-refractivity contribution is 0.414. The number of nitrogens with zero attached hydrogens (tertiary/aromatic N) is 1. The van der Waals surface area contributed by atoms with E-state index in [9.17, 15) is 12.8 Å². The van der Waals surface area contributed by atoms with Gasteiger partial charge in [-0.2, -0.15) is 5.26 Å². The summed E-state index contributed by atoms with van der Waals surface area (Å²) in [4.78, 5) is 2.81. The van der Waals surface area contributed by atoms with Crippen LogP contribution in [0.5, 0.6) is 5.75 Å². The van der Waals surface area contributed by atoms with E-state index in [-0.39, 0.29) is 16.1 Å². The molecule has 3 aromatic rings. The SMILES string of the molecule is COc1cccc(Cc2c[nH]cc2S(=O)(=O)Nc2ccc(C#N)cc2F)c1. The summed E-state index contributed by atoms with van der Waals surface area (Å²) >= 11 is 0. The maximum absolute atomic E-state index is 14.0. The Morgan fingerprint density at radius 2 is 2.04 bits per heavy atom. The number of aromatic amines is 1. The Labute approximate surface area is 156 Å². The van der Waals surface area contributed by atoms with Gasteiger partial charge in [0.2, 0.25) is 0 Å². The third kappa shape index (κ3) is 4.10. The molecule has 0 fully saturated rings. The van der Waals surface area contributed by atoms with Crippen molar-refractivity contribution in [2.75, 3.05) is 11.8 Å². The number of halogens is 1. The second-order valence-corrected chi connectivity index (χ2v) is 7.44. The highest BCUT2D eigenvalue weighted by Crippen LogP contribution is 2.25. The van der Waals surface area contributed by atoms with Gasteiger partial charge in [0, 0.05) is 18.8 Å². The summed E-state index contributed by atoms with van der Waals surface area (Å²) in [5.41, 5.74) is 1.29. The summed E-state index contributed by atoms with van der Waals surface area (Å²) in [6, 6.07) is 12.6. The number of rotatable bonds is 6. The number of aromatic nitrogens is 1. The molecule has 0 saturated heterocycles. The van der Waals surface area contributed by atoms with Crippen LogP contribution in [0.2, 0.25) is 0 Å². The summed E-state index contributed by atoms with van der Waals surface area (Å²) in [6.45, 7) is 0. The maximum Gasteiger partial charge on any atom is 0.263 e. The summed E-state index contributed by atoms with van der Waals surface area (Å²) in [5.74, 6) is -0.146. The first-order valence-electron chi connectivity index (χ1n) is 7.94. The molecule has 138 valence electrons. The van der Waals surface area contributed by atoms with Gasteiger partial charge in [-0.05, 0) is 41.5 Å². The first-order chi connectivity index (χ1) is 12.9. The predicted octanol–water partition coefficient (Wildman–Crippen LogP) is 3.43. The molecule has 1 aromatic heterocycles. The second-order valence-electron chi connectivity index (χ2n) is 5.79. The predicted molar refractivity (Wildman–Crippen MR) is 98.5 cm³/mol. The van der Waals surface area contributed by atoms with Crippen molar-refractivity contribution in [2.24, 2.45) is 0 Å². The Bertz CT molecular complexity index is 1120. The van der Waals surface area contributed by atoms with Crippen molar-refractivity contribution in [2.45, 2.75) is 11.3 Å². The Hall–Kier alpha value is -3.31. The van der Waals surface area contributed by atoms with Gasteiger partial charge in [0.15, 0.2) is 0 Å². The summed E-state index contributed by atoms with van der Waals surface area (Å²) in [5, 5.41) is 8.78. The minimum absolute atomic E-state index is 0.0223. The van der Waals surface area contributed by atoms with E-state index in [1.807, 2.05) is 18.2 Å². The molecule has 0 aliphatic heterocycles. The molecule has 27 heavy (non-hydrogen) atoms. The van der Waals surface area contributed by atoms with Gasteiger partial charge in [0.05, 0.1) is 24.4 Å². The molecule has 0 radical (unpaired) electrons. The van der Waals surface area contributed by atoms with Gasteiger partial charge in [-0.1, -0.05) is 12.1 Å². The largest absolute Gasteiger partial charge is 0.497 e. The van der Waals surface area contributed by atoms with E-state index < -0.39 is 15.8 Å². The number of nitrogens with one attached hydrogen (secondary N) is 2. The molecule has 0 spiro atoms. The van der Waals surface area contributed by atoms with E-state index in [1.165, 1.54) is 18.3 Å². The van der Waals surface area contributed by atoms with E-state index in [4.69, 9.17) is 10.00 Å². The van der Waals surface area contributed by atoms with Crippen molar-refractivity contribution >= 4 is 15.7 Å². The number of benzene rings is 2. The standard InChI is InChI=1S/C19H16FN3O3S/c1-26-16-4-2-3-13(8-16)7-15-11-22-12-19(15)27(24,25)23-18-6-5-14(10-21)9-17(18)20/h2-6,8-9,11-12,22-23H,7H2,1H3. The molecule has 0 aliphatic rings. The van der Waals surface area contributed by atoms with Gasteiger partial charge in [-0.3, -0.25) is 4.72 Å². The molecule has 6 nitrogen and oxygen atoms in total. The number of ether oxygens (including phenoxy) is 1. The zero-order valence-electron chi connectivity index (χ0n) is 14.4. The molecule has 3 rings (SSSR count). The van der Waals surface area contributed by atoms with Crippen LogP contribution in [0, 0.1) is 17.1 Å². The van der Waals surface area contributed by atoms with Crippen LogP contribution in [0.3, 0.4) is 0 Å². The van der Waals surface area contributed by atoms with Crippen LogP contribution in [0.4, 0.5) is 10.1 Å². The van der Waals surface area contributed by atoms with Crippen molar-refractivity contribution in [1.82, 2.24) is 4.98 Å². The molecule has 0 bridgehead atoms. The average molecular weight is 385 g/mol. The first kappa shape index (κ1) is 18.5. The number of hydrogen-bond acceptors (Lipinski definition) is 4. The van der Waals surface area contributed by atoms with Crippen molar-refractivity contribution in [1.29, 1.82) is 5.26 Å². The minimum atomic E-state index is -4.01. The fraction of sp³-hybridized carbons (Fsp3) is 0.105. The lowest BCUT2D eigenvalue weighted by Crippen LogP contribution is -2.15. The zero-order valence-corrected chi connectivity index (χ0v) is 15.2. The summed E-state index contributed by atoms with van der Waals surface area (Å²) < 4.78 is 46.9. The summed E-state index contributed by atoms with van der Waals surface area (Å²) in [7, 11) is -2.46. The molecule has 0 atom stereocenters. The highest BCUT2D eigenvalue weighted by molar-refractivity contribution is 7.92. The van der Waals surface area contributed by atoms with Crippen LogP contribution < -0.4 is 9.46 Å². The molecule has 2 aromatic carbocycles. The van der Waals surface area contributed by atoms with E-state index in [1.54, 1.807) is 25.4 Å². The molecule has 0 aliphatic carbocycles. The fourth-order valence-electron chi connectivity index (χ4n) is 2.64. The molecule has 0 unspecified atom stereocenters. The molecule has 0 amide bonds. The normalized spacial score (nSPS) is 11.0. The lowest BCUT2D eigenvalue weighted by atomic mass is 10.1. The fourth-order valence-corrected chi connectivity index (χ4v) is 3.90. The van der Waals surface area contributed by atoms with Crippen LogP contribution >= 0.6 is 0 Å². The Kier molecular flexibility index (Phi) is 5.14. The van der Waals surface area contributed by atoms with Crippen molar-refractivity contribution < 1.29 is 17.5 Å². The number of sulfonamides is 1. The van der Waals surface area contributed by atoms with E-state index in [2.05, 4.69) is 9.71 Å². The quantitative estimate of drug-likeness (QED) is 0.680. The molecular formula is C19H16FN3O3S. The number of nitriles is 1. The highest BCUT2D eigenvalue weighted by Gasteiger charge is 2.21. The first-order valence-corrected chi connectivity index (χ1v) is 9.42. The highest BCUT2D eigenvalue weighted by atomic mass is 32.2. The molecule has 1 heterocycles. The minimum Gasteiger partial charge on any atom is -0.497 e. The number of anilines is 1. The zero-order chi connectivity index (χ0) is 19.4. The van der Waals surface area contributed by atoms with Gasteiger partial charge in [0.25, 0.3) is 10.0 Å². The molecule has 8 heteroatoms. The van der Waals surface area contributed by atoms with Crippen molar-refractivity contribution in [3.05, 3.63) is 77.4 Å². The second kappa shape index (κ2) is 7.51. The molecular weight excluding hydrogens is 369 g/mol. The van der Waals surface area contributed by atoms with Crippen LogP contribution in [0.1, 0.15) is 16.7 Å². The Morgan fingerprint density at radius 3 is 2.74 bits per heavy atom. The van der Waals surface area contributed by atoms with Crippen molar-refractivity contribution in [3.8, 4) is 11.8 Å². The van der Waals surface area contributed by atoms with Gasteiger partial charge in [-0.25, -0.2) is 12.8 Å². The lowest BCUT2D eigenvalue weighted by Gasteiger charge is -2.10. The van der Waals surface area contributed by atoms with E-state index in [0.717, 1.165) is 11.6 Å². The number of hydrogen-bond donors (Lipinski definition) is 2. The molecule has 0 saturated carbocycles. The number of H-pyrrole nitrogens is 1. The van der Waals surface area contributed by atoms with Crippen LogP contribution in [-0.2, 0) is 16.4 Å². The Morgan fingerprint density at radius 1 is 1.22 bits per heavy atom. The summed E-state index contributed by atoms with van der Waals surface area (Å²) in [6.07, 6.45) is 3.29. The third-order valence-corrected chi connectivity index (χ3v) is 5.40. The smallest absolute Gasteiger partial charge is 0.263 e. The third-order valence-electron chi connectivity index (χ3n) is 3.95. The van der Waals surface area contributed by atoms with Crippen LogP contribution in [-0.4, -0.2) is 20.5 Å². The average Bonchev–Trinajstić information content (AvgIpc) is 3.12. The van der Waals surface area contributed by atoms with Gasteiger partial charge in [0.1, 0.15) is 16.5 Å². The maximum atomic E-state index is 14.0. The van der Waals surface area contributed by atoms with Crippen LogP contribution in [0.25, 0.3) is 0 Å². The number of methoxy groups -OCH3 is 1. The molecule has 2 N–H and O–H groups in total. The topological polar surface area (TPSA) is 95.0 Å². The monoisotopic (exact) mass is 385 g/mol. The Balaban J connectivity index is 1.88. The van der Waals surface area contributed by atoms with Gasteiger partial charge < -0.3 is 9.72 Å².